The van der Waals surface area contributed by atoms with E-state index < -0.39 is 0 Å². The van der Waals surface area contributed by atoms with Crippen molar-refractivity contribution in [1.82, 2.24) is 4.90 Å². The van der Waals surface area contributed by atoms with Crippen LogP contribution in [0.3, 0.4) is 0 Å². The lowest BCUT2D eigenvalue weighted by molar-refractivity contribution is 0.178. The molecule has 1 nitrogen and oxygen atoms in total. The fourth-order valence-electron chi connectivity index (χ4n) is 3.41. The van der Waals surface area contributed by atoms with E-state index >= 15 is 0 Å². The Balaban J connectivity index is 4.42. The van der Waals surface area contributed by atoms with Crippen molar-refractivity contribution >= 4 is 0 Å². The summed E-state index contributed by atoms with van der Waals surface area (Å²) in [5.74, 6) is 1.84. The van der Waals surface area contributed by atoms with Crippen molar-refractivity contribution in [2.24, 2.45) is 11.8 Å². The Morgan fingerprint density at radius 3 is 1.41 bits per heavy atom. The zero-order chi connectivity index (χ0) is 16.6. The third-order valence-corrected chi connectivity index (χ3v) is 5.20. The molecule has 22 heavy (non-hydrogen) atoms. The van der Waals surface area contributed by atoms with E-state index in [1.807, 2.05) is 0 Å². The molecule has 0 radical (unpaired) electrons. The molecular weight excluding hydrogens is 266 g/mol. The minimum atomic E-state index is 0.922. The quantitative estimate of drug-likeness (QED) is 0.280. The highest BCUT2D eigenvalue weighted by Crippen LogP contribution is 2.19. The monoisotopic (exact) mass is 311 g/mol. The van der Waals surface area contributed by atoms with Crippen molar-refractivity contribution in [2.75, 3.05) is 19.6 Å². The summed E-state index contributed by atoms with van der Waals surface area (Å²) < 4.78 is 0. The molecule has 2 unspecified atom stereocenters. The van der Waals surface area contributed by atoms with E-state index in [2.05, 4.69) is 39.5 Å². The van der Waals surface area contributed by atoms with E-state index in [-0.39, 0.29) is 0 Å². The molecule has 0 rings (SSSR count). The Morgan fingerprint density at radius 2 is 1.05 bits per heavy atom. The fraction of sp³-hybridized carbons (Fsp3) is 1.00. The summed E-state index contributed by atoms with van der Waals surface area (Å²) in [4.78, 5) is 2.82. The van der Waals surface area contributed by atoms with Crippen LogP contribution in [0.1, 0.15) is 105 Å². The van der Waals surface area contributed by atoms with Crippen molar-refractivity contribution in [3.05, 3.63) is 0 Å². The van der Waals surface area contributed by atoms with Gasteiger partial charge in [-0.15, -0.1) is 0 Å². The maximum atomic E-state index is 2.82. The predicted molar refractivity (Wildman–Crippen MR) is 103 cm³/mol. The highest BCUT2D eigenvalue weighted by Gasteiger charge is 2.16. The zero-order valence-corrected chi connectivity index (χ0v) is 16.5. The number of rotatable bonds is 16. The summed E-state index contributed by atoms with van der Waals surface area (Å²) in [5.41, 5.74) is 0. The lowest BCUT2D eigenvalue weighted by Gasteiger charge is -2.30. The standard InChI is InChI=1S/C21H45N/c1-6-11-14-17-22(18-20(9-4)15-12-7-2)19-21(10-5)16-13-8-3/h20-21H,6-19H2,1-5H3. The van der Waals surface area contributed by atoms with Crippen molar-refractivity contribution < 1.29 is 0 Å². The molecule has 0 fully saturated rings. The molecule has 134 valence electrons. The molecule has 0 N–H and O–H groups in total. The van der Waals surface area contributed by atoms with Crippen LogP contribution >= 0.6 is 0 Å². The van der Waals surface area contributed by atoms with E-state index in [0.717, 1.165) is 11.8 Å². The second-order valence-corrected chi connectivity index (χ2v) is 7.30. The van der Waals surface area contributed by atoms with Crippen LogP contribution in [0.5, 0.6) is 0 Å². The number of unbranched alkanes of at least 4 members (excludes halogenated alkanes) is 4. The molecule has 0 aromatic rings. The smallest absolute Gasteiger partial charge is 0.000967 e. The van der Waals surface area contributed by atoms with E-state index in [1.165, 1.54) is 90.3 Å². The van der Waals surface area contributed by atoms with Crippen molar-refractivity contribution in [3.8, 4) is 0 Å². The Hall–Kier alpha value is -0.0400. The molecule has 0 aliphatic heterocycles. The average molecular weight is 312 g/mol. The second kappa shape index (κ2) is 15.8. The molecule has 2 atom stereocenters. The second-order valence-electron chi connectivity index (χ2n) is 7.30. The van der Waals surface area contributed by atoms with Gasteiger partial charge in [0.1, 0.15) is 0 Å². The highest BCUT2D eigenvalue weighted by molar-refractivity contribution is 4.70. The van der Waals surface area contributed by atoms with Crippen molar-refractivity contribution in [2.45, 2.75) is 105 Å². The highest BCUT2D eigenvalue weighted by atomic mass is 15.1. The first-order valence-corrected chi connectivity index (χ1v) is 10.4. The SMILES string of the molecule is CCCCCN(CC(CC)CCCC)CC(CC)CCCC. The lowest BCUT2D eigenvalue weighted by Crippen LogP contribution is -2.34. The first-order valence-electron chi connectivity index (χ1n) is 10.4. The van der Waals surface area contributed by atoms with Gasteiger partial charge in [0.15, 0.2) is 0 Å². The molecule has 0 saturated heterocycles. The van der Waals surface area contributed by atoms with Gasteiger partial charge < -0.3 is 4.90 Å². The van der Waals surface area contributed by atoms with Crippen LogP contribution in [0.25, 0.3) is 0 Å². The maximum absolute atomic E-state index is 2.82. The van der Waals surface area contributed by atoms with Gasteiger partial charge in [-0.2, -0.15) is 0 Å². The number of hydrogen-bond donors (Lipinski definition) is 0. The Morgan fingerprint density at radius 1 is 0.591 bits per heavy atom. The van der Waals surface area contributed by atoms with Crippen LogP contribution in [0.4, 0.5) is 0 Å². The Bertz CT molecular complexity index is 196. The third kappa shape index (κ3) is 11.5. The minimum absolute atomic E-state index is 0.922. The van der Waals surface area contributed by atoms with Gasteiger partial charge in [-0.1, -0.05) is 86.0 Å². The summed E-state index contributed by atoms with van der Waals surface area (Å²) in [6, 6.07) is 0. The van der Waals surface area contributed by atoms with Gasteiger partial charge in [-0.05, 0) is 37.6 Å². The lowest BCUT2D eigenvalue weighted by atomic mass is 9.95. The first kappa shape index (κ1) is 22.0. The van der Waals surface area contributed by atoms with Crippen LogP contribution < -0.4 is 0 Å². The maximum Gasteiger partial charge on any atom is 0.000967 e. The third-order valence-electron chi connectivity index (χ3n) is 5.20. The van der Waals surface area contributed by atoms with Gasteiger partial charge in [0.2, 0.25) is 0 Å². The zero-order valence-electron chi connectivity index (χ0n) is 16.5. The van der Waals surface area contributed by atoms with Crippen LogP contribution in [0.2, 0.25) is 0 Å². The molecule has 0 aliphatic carbocycles. The number of hydrogen-bond acceptors (Lipinski definition) is 1. The number of nitrogens with zero attached hydrogens (tertiary/aromatic N) is 1. The molecular formula is C21H45N. The van der Waals surface area contributed by atoms with Gasteiger partial charge in [0.05, 0.1) is 0 Å². The molecule has 0 spiro atoms. The summed E-state index contributed by atoms with van der Waals surface area (Å²) in [5, 5.41) is 0. The fourth-order valence-corrected chi connectivity index (χ4v) is 3.41. The molecule has 0 aliphatic rings. The molecule has 0 heterocycles. The van der Waals surface area contributed by atoms with E-state index in [4.69, 9.17) is 0 Å². The average Bonchev–Trinajstić information content (AvgIpc) is 2.54. The van der Waals surface area contributed by atoms with Crippen LogP contribution in [-0.2, 0) is 0 Å². The van der Waals surface area contributed by atoms with E-state index in [9.17, 15) is 0 Å². The summed E-state index contributed by atoms with van der Waals surface area (Å²) in [6.45, 7) is 15.8. The Labute approximate surface area is 142 Å². The van der Waals surface area contributed by atoms with Crippen LogP contribution in [-0.4, -0.2) is 24.5 Å². The molecule has 0 aromatic carbocycles. The molecule has 1 heteroatoms. The van der Waals surface area contributed by atoms with Gasteiger partial charge in [-0.3, -0.25) is 0 Å². The molecule has 0 saturated carbocycles. The Kier molecular flexibility index (Phi) is 15.8. The van der Waals surface area contributed by atoms with Gasteiger partial charge >= 0.3 is 0 Å². The topological polar surface area (TPSA) is 3.24 Å². The minimum Gasteiger partial charge on any atom is -0.303 e. The molecule has 0 bridgehead atoms. The summed E-state index contributed by atoms with van der Waals surface area (Å²) in [7, 11) is 0. The van der Waals surface area contributed by atoms with Crippen molar-refractivity contribution in [3.63, 3.8) is 0 Å². The molecule has 0 aromatic heterocycles. The van der Waals surface area contributed by atoms with Crippen molar-refractivity contribution in [1.29, 1.82) is 0 Å². The predicted octanol–water partition coefficient (Wildman–Crippen LogP) is 6.91. The van der Waals surface area contributed by atoms with Gasteiger partial charge in [-0.25, -0.2) is 0 Å². The first-order chi connectivity index (χ1) is 10.7. The summed E-state index contributed by atoms with van der Waals surface area (Å²) >= 11 is 0. The van der Waals surface area contributed by atoms with E-state index in [0.29, 0.717) is 0 Å². The van der Waals surface area contributed by atoms with Gasteiger partial charge in [0, 0.05) is 13.1 Å². The largest absolute Gasteiger partial charge is 0.303 e. The van der Waals surface area contributed by atoms with Gasteiger partial charge in [0.25, 0.3) is 0 Å². The van der Waals surface area contributed by atoms with Crippen LogP contribution in [0, 0.1) is 11.8 Å². The van der Waals surface area contributed by atoms with Crippen LogP contribution in [0.15, 0.2) is 0 Å². The van der Waals surface area contributed by atoms with E-state index in [1.54, 1.807) is 0 Å². The molecule has 0 amide bonds. The summed E-state index contributed by atoms with van der Waals surface area (Å²) in [6.07, 6.45) is 15.2. The normalized spacial score (nSPS) is 14.5.